The minimum atomic E-state index is -0.820. The van der Waals surface area contributed by atoms with E-state index in [-0.39, 0.29) is 30.6 Å². The van der Waals surface area contributed by atoms with E-state index in [1.165, 1.54) is 12.1 Å². The lowest BCUT2D eigenvalue weighted by molar-refractivity contribution is -0.139. The normalized spacial score (nSPS) is 21.1. The van der Waals surface area contributed by atoms with Crippen molar-refractivity contribution < 1.29 is 23.9 Å². The summed E-state index contributed by atoms with van der Waals surface area (Å²) in [6.07, 6.45) is 1.46. The number of aliphatic carboxylic acids is 1. The Morgan fingerprint density at radius 2 is 2.00 bits per heavy atom. The van der Waals surface area contributed by atoms with Gasteiger partial charge in [0, 0.05) is 31.6 Å². The SMILES string of the molecule is O=C(O)CC1CCN(C(=O)C2CC(=O)Nc3cc(F)ccc32)CC1. The van der Waals surface area contributed by atoms with E-state index in [9.17, 15) is 18.8 Å². The molecule has 0 aromatic heterocycles. The molecule has 1 atom stereocenters. The summed E-state index contributed by atoms with van der Waals surface area (Å²) in [7, 11) is 0. The lowest BCUT2D eigenvalue weighted by Crippen LogP contribution is -2.43. The van der Waals surface area contributed by atoms with E-state index in [1.807, 2.05) is 0 Å². The maximum Gasteiger partial charge on any atom is 0.303 e. The van der Waals surface area contributed by atoms with Crippen LogP contribution in [-0.4, -0.2) is 40.9 Å². The highest BCUT2D eigenvalue weighted by Crippen LogP contribution is 2.35. The lowest BCUT2D eigenvalue weighted by atomic mass is 9.87. The summed E-state index contributed by atoms with van der Waals surface area (Å²) in [5.41, 5.74) is 0.985. The van der Waals surface area contributed by atoms with E-state index in [2.05, 4.69) is 5.32 Å². The topological polar surface area (TPSA) is 86.7 Å². The van der Waals surface area contributed by atoms with Gasteiger partial charge in [-0.05, 0) is 36.5 Å². The Kier molecular flexibility index (Phi) is 4.51. The van der Waals surface area contributed by atoms with Gasteiger partial charge < -0.3 is 15.3 Å². The third-order valence-corrected chi connectivity index (χ3v) is 4.74. The number of likely N-dealkylation sites (tertiary alicyclic amines) is 1. The monoisotopic (exact) mass is 334 g/mol. The molecule has 0 radical (unpaired) electrons. The van der Waals surface area contributed by atoms with Gasteiger partial charge in [-0.2, -0.15) is 0 Å². The van der Waals surface area contributed by atoms with Crippen molar-refractivity contribution in [3.05, 3.63) is 29.6 Å². The molecule has 6 nitrogen and oxygen atoms in total. The summed E-state index contributed by atoms with van der Waals surface area (Å²) < 4.78 is 13.4. The molecule has 2 heterocycles. The molecular weight excluding hydrogens is 315 g/mol. The van der Waals surface area contributed by atoms with Crippen LogP contribution in [-0.2, 0) is 14.4 Å². The summed E-state index contributed by atoms with van der Waals surface area (Å²) in [5.74, 6) is -2.25. The molecule has 2 aliphatic rings. The Hall–Kier alpha value is -2.44. The molecule has 1 fully saturated rings. The summed E-state index contributed by atoms with van der Waals surface area (Å²) in [6.45, 7) is 0.983. The van der Waals surface area contributed by atoms with Gasteiger partial charge in [0.2, 0.25) is 11.8 Å². The Labute approximate surface area is 138 Å². The van der Waals surface area contributed by atoms with E-state index in [0.717, 1.165) is 0 Å². The Balaban J connectivity index is 1.72. The number of halogens is 1. The zero-order chi connectivity index (χ0) is 17.3. The van der Waals surface area contributed by atoms with Crippen LogP contribution < -0.4 is 5.32 Å². The fraction of sp³-hybridized carbons (Fsp3) is 0.471. The average molecular weight is 334 g/mol. The van der Waals surface area contributed by atoms with Gasteiger partial charge in [-0.3, -0.25) is 14.4 Å². The molecule has 1 aromatic carbocycles. The van der Waals surface area contributed by atoms with E-state index in [4.69, 9.17) is 5.11 Å². The van der Waals surface area contributed by atoms with Crippen molar-refractivity contribution in [3.8, 4) is 0 Å². The second-order valence-electron chi connectivity index (χ2n) is 6.40. The number of anilines is 1. The molecule has 1 unspecified atom stereocenters. The van der Waals surface area contributed by atoms with Crippen LogP contribution in [0.4, 0.5) is 10.1 Å². The fourth-order valence-electron chi connectivity index (χ4n) is 3.48. The molecule has 1 aromatic rings. The number of carboxylic acids is 1. The predicted octanol–water partition coefficient (Wildman–Crippen LogP) is 1.96. The van der Waals surface area contributed by atoms with Crippen molar-refractivity contribution in [2.24, 2.45) is 5.92 Å². The van der Waals surface area contributed by atoms with Gasteiger partial charge in [0.15, 0.2) is 0 Å². The highest BCUT2D eigenvalue weighted by atomic mass is 19.1. The zero-order valence-corrected chi connectivity index (χ0v) is 13.1. The van der Waals surface area contributed by atoms with Crippen molar-refractivity contribution in [2.45, 2.75) is 31.6 Å². The molecule has 2 aliphatic heterocycles. The first kappa shape index (κ1) is 16.4. The number of carbonyl (C=O) groups is 3. The second kappa shape index (κ2) is 6.59. The molecule has 0 saturated carbocycles. The number of fused-ring (bicyclic) bond motifs is 1. The molecule has 0 bridgehead atoms. The minimum absolute atomic E-state index is 0.0481. The number of carbonyl (C=O) groups excluding carboxylic acids is 2. The maximum absolute atomic E-state index is 13.4. The number of nitrogens with one attached hydrogen (secondary N) is 1. The summed E-state index contributed by atoms with van der Waals surface area (Å²) >= 11 is 0. The Morgan fingerprint density at radius 1 is 1.29 bits per heavy atom. The number of rotatable bonds is 3. The largest absolute Gasteiger partial charge is 0.481 e. The highest BCUT2D eigenvalue weighted by Gasteiger charge is 2.35. The van der Waals surface area contributed by atoms with E-state index < -0.39 is 17.7 Å². The Bertz CT molecular complexity index is 683. The first-order valence-electron chi connectivity index (χ1n) is 8.04. The van der Waals surface area contributed by atoms with Crippen LogP contribution in [0, 0.1) is 11.7 Å². The standard InChI is InChI=1S/C17H19FN2O4/c18-11-1-2-12-13(9-15(21)19-14(12)8-11)17(24)20-5-3-10(4-6-20)7-16(22)23/h1-2,8,10,13H,3-7,9H2,(H,19,21)(H,22,23). The van der Waals surface area contributed by atoms with Crippen molar-refractivity contribution in [2.75, 3.05) is 18.4 Å². The van der Waals surface area contributed by atoms with Crippen molar-refractivity contribution in [1.29, 1.82) is 0 Å². The molecule has 128 valence electrons. The summed E-state index contributed by atoms with van der Waals surface area (Å²) in [6, 6.07) is 4.06. The van der Waals surface area contributed by atoms with Gasteiger partial charge in [0.1, 0.15) is 5.82 Å². The van der Waals surface area contributed by atoms with E-state index in [1.54, 1.807) is 11.0 Å². The molecule has 2 N–H and O–H groups in total. The summed E-state index contributed by atoms with van der Waals surface area (Å²) in [5, 5.41) is 11.5. The first-order valence-corrected chi connectivity index (χ1v) is 8.04. The van der Waals surface area contributed by atoms with E-state index >= 15 is 0 Å². The number of hydrogen-bond donors (Lipinski definition) is 2. The van der Waals surface area contributed by atoms with Crippen LogP contribution in [0.25, 0.3) is 0 Å². The van der Waals surface area contributed by atoms with Crippen LogP contribution in [0.2, 0.25) is 0 Å². The molecule has 1 saturated heterocycles. The molecule has 3 rings (SSSR count). The van der Waals surface area contributed by atoms with Gasteiger partial charge >= 0.3 is 5.97 Å². The lowest BCUT2D eigenvalue weighted by Gasteiger charge is -2.35. The van der Waals surface area contributed by atoms with Crippen LogP contribution in [0.5, 0.6) is 0 Å². The summed E-state index contributed by atoms with van der Waals surface area (Å²) in [4.78, 5) is 37.1. The van der Waals surface area contributed by atoms with Crippen molar-refractivity contribution in [1.82, 2.24) is 4.90 Å². The van der Waals surface area contributed by atoms with Crippen LogP contribution in [0.1, 0.15) is 37.2 Å². The molecule has 0 spiro atoms. The first-order chi connectivity index (χ1) is 11.4. The van der Waals surface area contributed by atoms with Crippen LogP contribution >= 0.6 is 0 Å². The van der Waals surface area contributed by atoms with Crippen LogP contribution in [0.15, 0.2) is 18.2 Å². The second-order valence-corrected chi connectivity index (χ2v) is 6.40. The number of amides is 2. The highest BCUT2D eigenvalue weighted by molar-refractivity contribution is 6.01. The van der Waals surface area contributed by atoms with Gasteiger partial charge in [-0.25, -0.2) is 4.39 Å². The third kappa shape index (κ3) is 3.39. The van der Waals surface area contributed by atoms with Gasteiger partial charge in [-0.1, -0.05) is 6.07 Å². The number of carboxylic acid groups (broad SMARTS) is 1. The van der Waals surface area contributed by atoms with E-state index in [0.29, 0.717) is 37.2 Å². The minimum Gasteiger partial charge on any atom is -0.481 e. The number of nitrogens with zero attached hydrogens (tertiary/aromatic N) is 1. The van der Waals surface area contributed by atoms with Crippen molar-refractivity contribution >= 4 is 23.5 Å². The van der Waals surface area contributed by atoms with Gasteiger partial charge in [-0.15, -0.1) is 0 Å². The molecule has 7 heteroatoms. The number of hydrogen-bond acceptors (Lipinski definition) is 3. The quantitative estimate of drug-likeness (QED) is 0.885. The van der Waals surface area contributed by atoms with Gasteiger partial charge in [0.25, 0.3) is 0 Å². The fourth-order valence-corrected chi connectivity index (χ4v) is 3.48. The third-order valence-electron chi connectivity index (χ3n) is 4.74. The van der Waals surface area contributed by atoms with Crippen molar-refractivity contribution in [3.63, 3.8) is 0 Å². The van der Waals surface area contributed by atoms with Crippen LogP contribution in [0.3, 0.4) is 0 Å². The maximum atomic E-state index is 13.4. The van der Waals surface area contributed by atoms with Gasteiger partial charge in [0.05, 0.1) is 5.92 Å². The zero-order valence-electron chi connectivity index (χ0n) is 13.1. The molecule has 24 heavy (non-hydrogen) atoms. The number of benzene rings is 1. The average Bonchev–Trinajstić information content (AvgIpc) is 2.53. The predicted molar refractivity (Wildman–Crippen MR) is 83.9 cm³/mol. The number of piperidine rings is 1. The molecule has 2 amide bonds. The molecule has 0 aliphatic carbocycles. The Morgan fingerprint density at radius 3 is 2.67 bits per heavy atom. The smallest absolute Gasteiger partial charge is 0.303 e. The molecular formula is C17H19FN2O4.